The molecule has 1 atom stereocenters. The Hall–Kier alpha value is -1.92. The lowest BCUT2D eigenvalue weighted by Gasteiger charge is -2.30. The van der Waals surface area contributed by atoms with Crippen LogP contribution in [0.1, 0.15) is 81.6 Å². The maximum atomic E-state index is 13.1. The first kappa shape index (κ1) is 26.7. The first-order chi connectivity index (χ1) is 16.3. The summed E-state index contributed by atoms with van der Waals surface area (Å²) in [7, 11) is 2.15. The Balaban J connectivity index is 1.82. The van der Waals surface area contributed by atoms with Crippen LogP contribution in [-0.2, 0) is 11.3 Å². The van der Waals surface area contributed by atoms with Gasteiger partial charge in [-0.1, -0.05) is 33.1 Å². The van der Waals surface area contributed by atoms with E-state index >= 15 is 0 Å². The van der Waals surface area contributed by atoms with Gasteiger partial charge in [-0.25, -0.2) is 0 Å². The van der Waals surface area contributed by atoms with Crippen molar-refractivity contribution in [1.29, 1.82) is 0 Å². The van der Waals surface area contributed by atoms with Gasteiger partial charge in [0.1, 0.15) is 0 Å². The van der Waals surface area contributed by atoms with E-state index in [1.165, 1.54) is 32.1 Å². The second-order valence-electron chi connectivity index (χ2n) is 10.9. The van der Waals surface area contributed by atoms with E-state index in [-0.39, 0.29) is 11.8 Å². The average Bonchev–Trinajstić information content (AvgIpc) is 2.78. The Morgan fingerprint density at radius 3 is 2.47 bits per heavy atom. The average molecular weight is 471 g/mol. The largest absolute Gasteiger partial charge is 0.352 e. The monoisotopic (exact) mass is 470 g/mol. The molecule has 3 rings (SSSR count). The Morgan fingerprint density at radius 1 is 1.03 bits per heavy atom. The van der Waals surface area contributed by atoms with Crippen molar-refractivity contribution < 1.29 is 9.59 Å². The third kappa shape index (κ3) is 8.09. The summed E-state index contributed by atoms with van der Waals surface area (Å²) in [5.74, 6) is 1.15. The molecule has 2 aliphatic rings. The van der Waals surface area contributed by atoms with Crippen LogP contribution in [-0.4, -0.2) is 67.9 Å². The van der Waals surface area contributed by atoms with E-state index in [1.54, 1.807) is 6.92 Å². The number of hydrogen-bond donors (Lipinski definition) is 1. The van der Waals surface area contributed by atoms with Crippen LogP contribution in [0.5, 0.6) is 0 Å². The van der Waals surface area contributed by atoms with Crippen LogP contribution >= 0.6 is 0 Å². The molecule has 2 amide bonds. The molecule has 0 aromatic heterocycles. The summed E-state index contributed by atoms with van der Waals surface area (Å²) < 4.78 is 0. The summed E-state index contributed by atoms with van der Waals surface area (Å²) in [4.78, 5) is 32.5. The van der Waals surface area contributed by atoms with Crippen LogP contribution in [0, 0.1) is 11.8 Å². The Kier molecular flexibility index (Phi) is 10.4. The topological polar surface area (TPSA) is 55.9 Å². The maximum absolute atomic E-state index is 13.1. The molecule has 1 aromatic carbocycles. The van der Waals surface area contributed by atoms with Crippen molar-refractivity contribution >= 4 is 17.5 Å². The first-order valence-electron chi connectivity index (χ1n) is 13.4. The number of benzene rings is 1. The lowest BCUT2D eigenvalue weighted by molar-refractivity contribution is -0.116. The molecule has 2 heterocycles. The molecule has 1 unspecified atom stereocenters. The predicted octanol–water partition coefficient (Wildman–Crippen LogP) is 4.53. The van der Waals surface area contributed by atoms with Gasteiger partial charge in [0.2, 0.25) is 5.91 Å². The molecule has 0 spiro atoms. The van der Waals surface area contributed by atoms with Crippen molar-refractivity contribution in [3.05, 3.63) is 29.3 Å². The number of rotatable bonds is 5. The third-order valence-corrected chi connectivity index (χ3v) is 7.16. The molecule has 2 aliphatic heterocycles. The SMILES string of the molecule is CC(=O)N1CCCCCCCN(CC(C)C)Cc2cc(C(=O)NCC3CCCN(C)C3)ccc21. The van der Waals surface area contributed by atoms with E-state index in [2.05, 4.69) is 36.0 Å². The molecule has 190 valence electrons. The smallest absolute Gasteiger partial charge is 0.251 e. The number of hydrogen-bond acceptors (Lipinski definition) is 4. The molecule has 6 heteroatoms. The van der Waals surface area contributed by atoms with Gasteiger partial charge in [-0.2, -0.15) is 0 Å². The van der Waals surface area contributed by atoms with Crippen LogP contribution in [0.2, 0.25) is 0 Å². The fraction of sp³-hybridized carbons (Fsp3) is 0.714. The van der Waals surface area contributed by atoms with Gasteiger partial charge in [0, 0.05) is 50.9 Å². The molecule has 0 radical (unpaired) electrons. The highest BCUT2D eigenvalue weighted by atomic mass is 16.2. The number of nitrogens with one attached hydrogen (secondary N) is 1. The van der Waals surface area contributed by atoms with E-state index in [4.69, 9.17) is 0 Å². The normalized spacial score (nSPS) is 21.4. The molecule has 1 N–H and O–H groups in total. The zero-order chi connectivity index (χ0) is 24.5. The molecule has 0 bridgehead atoms. The van der Waals surface area contributed by atoms with Gasteiger partial charge in [-0.15, -0.1) is 0 Å². The van der Waals surface area contributed by atoms with E-state index < -0.39 is 0 Å². The summed E-state index contributed by atoms with van der Waals surface area (Å²) in [5.41, 5.74) is 2.75. The molecular weight excluding hydrogens is 424 g/mol. The van der Waals surface area contributed by atoms with Gasteiger partial charge in [-0.3, -0.25) is 14.5 Å². The van der Waals surface area contributed by atoms with Crippen molar-refractivity contribution in [2.75, 3.05) is 51.2 Å². The molecular formula is C28H46N4O2. The predicted molar refractivity (Wildman–Crippen MR) is 140 cm³/mol. The lowest BCUT2D eigenvalue weighted by Crippen LogP contribution is -2.39. The van der Waals surface area contributed by atoms with E-state index in [0.29, 0.717) is 17.4 Å². The molecule has 1 saturated heterocycles. The van der Waals surface area contributed by atoms with Crippen molar-refractivity contribution in [3.63, 3.8) is 0 Å². The van der Waals surface area contributed by atoms with Gasteiger partial charge in [0.25, 0.3) is 5.91 Å². The molecule has 34 heavy (non-hydrogen) atoms. The minimum atomic E-state index is -0.00747. The molecule has 0 aliphatic carbocycles. The second kappa shape index (κ2) is 13.2. The van der Waals surface area contributed by atoms with E-state index in [9.17, 15) is 9.59 Å². The number of fused-ring (bicyclic) bond motifs is 1. The fourth-order valence-electron chi connectivity index (χ4n) is 5.47. The van der Waals surface area contributed by atoms with Crippen molar-refractivity contribution in [1.82, 2.24) is 15.1 Å². The number of anilines is 1. The quantitative estimate of drug-likeness (QED) is 0.687. The molecule has 6 nitrogen and oxygen atoms in total. The first-order valence-corrected chi connectivity index (χ1v) is 13.4. The van der Waals surface area contributed by atoms with Crippen LogP contribution < -0.4 is 10.2 Å². The number of amides is 2. The van der Waals surface area contributed by atoms with Gasteiger partial charge in [-0.05, 0) is 81.4 Å². The van der Waals surface area contributed by atoms with Crippen LogP contribution in [0.4, 0.5) is 5.69 Å². The number of likely N-dealkylation sites (tertiary alicyclic amines) is 1. The summed E-state index contributed by atoms with van der Waals surface area (Å²) in [6.45, 7) is 12.7. The van der Waals surface area contributed by atoms with Gasteiger partial charge >= 0.3 is 0 Å². The standard InChI is InChI=1S/C28H46N4O2/c1-22(2)19-31-15-8-6-5-7-9-16-32(23(3)33)27-13-12-25(17-26(27)21-31)28(34)29-18-24-11-10-14-30(4)20-24/h12-13,17,22,24H,5-11,14-16,18-21H2,1-4H3,(H,29,34). The Labute approximate surface area is 207 Å². The highest BCUT2D eigenvalue weighted by Gasteiger charge is 2.22. The lowest BCUT2D eigenvalue weighted by atomic mass is 9.98. The summed E-state index contributed by atoms with van der Waals surface area (Å²) in [6, 6.07) is 5.93. The molecule has 1 aromatic rings. The van der Waals surface area contributed by atoms with E-state index in [0.717, 1.165) is 69.9 Å². The number of nitrogens with zero attached hydrogens (tertiary/aromatic N) is 3. The zero-order valence-corrected chi connectivity index (χ0v) is 21.9. The van der Waals surface area contributed by atoms with Gasteiger partial charge in [0.15, 0.2) is 0 Å². The highest BCUT2D eigenvalue weighted by Crippen LogP contribution is 2.26. The fourth-order valence-corrected chi connectivity index (χ4v) is 5.47. The minimum Gasteiger partial charge on any atom is -0.352 e. The third-order valence-electron chi connectivity index (χ3n) is 7.16. The highest BCUT2D eigenvalue weighted by molar-refractivity contribution is 5.97. The van der Waals surface area contributed by atoms with Crippen LogP contribution in [0.25, 0.3) is 0 Å². The minimum absolute atomic E-state index is 0.00747. The van der Waals surface area contributed by atoms with Crippen LogP contribution in [0.15, 0.2) is 18.2 Å². The van der Waals surface area contributed by atoms with Crippen molar-refractivity contribution in [2.45, 2.75) is 72.3 Å². The summed E-state index contributed by atoms with van der Waals surface area (Å²) >= 11 is 0. The van der Waals surface area contributed by atoms with Gasteiger partial charge in [0.05, 0.1) is 0 Å². The number of carbonyl (C=O) groups excluding carboxylic acids is 2. The van der Waals surface area contributed by atoms with Crippen LogP contribution in [0.3, 0.4) is 0 Å². The zero-order valence-electron chi connectivity index (χ0n) is 21.9. The van der Waals surface area contributed by atoms with Gasteiger partial charge < -0.3 is 15.1 Å². The second-order valence-corrected chi connectivity index (χ2v) is 10.9. The van der Waals surface area contributed by atoms with E-state index in [1.807, 2.05) is 23.1 Å². The Bertz CT molecular complexity index is 810. The molecule has 0 saturated carbocycles. The molecule has 1 fully saturated rings. The number of piperidine rings is 1. The summed E-state index contributed by atoms with van der Waals surface area (Å²) in [5, 5.41) is 3.18. The number of carbonyl (C=O) groups is 2. The Morgan fingerprint density at radius 2 is 1.76 bits per heavy atom. The van der Waals surface area contributed by atoms with Crippen molar-refractivity contribution in [3.8, 4) is 0 Å². The summed E-state index contributed by atoms with van der Waals surface area (Å²) in [6.07, 6.45) is 8.21. The maximum Gasteiger partial charge on any atom is 0.251 e. The van der Waals surface area contributed by atoms with Crippen molar-refractivity contribution in [2.24, 2.45) is 11.8 Å².